The van der Waals surface area contributed by atoms with Gasteiger partial charge in [-0.3, -0.25) is 0 Å². The van der Waals surface area contributed by atoms with Crippen LogP contribution in [0.2, 0.25) is 5.02 Å². The Balaban J connectivity index is 1.70. The maximum Gasteiger partial charge on any atom is 0.234 e. The lowest BCUT2D eigenvalue weighted by Crippen LogP contribution is -1.96. The van der Waals surface area contributed by atoms with Gasteiger partial charge in [0.1, 0.15) is 16.6 Å². The molecule has 4 rings (SSSR count). The first-order valence-electron chi connectivity index (χ1n) is 7.44. The zero-order chi connectivity index (χ0) is 17.4. The van der Waals surface area contributed by atoms with Gasteiger partial charge in [-0.1, -0.05) is 29.0 Å². The third-order valence-corrected chi connectivity index (χ3v) is 5.02. The van der Waals surface area contributed by atoms with E-state index in [0.717, 1.165) is 11.3 Å². The van der Waals surface area contributed by atoms with Crippen LogP contribution in [0.5, 0.6) is 5.75 Å². The van der Waals surface area contributed by atoms with Gasteiger partial charge in [0.05, 0.1) is 7.11 Å². The molecule has 0 atom stereocenters. The number of aromatic nitrogens is 4. The fraction of sp³-hybridized carbons (Fsp3) is 0.118. The molecule has 0 aliphatic rings. The van der Waals surface area contributed by atoms with Crippen LogP contribution in [0.3, 0.4) is 0 Å². The summed E-state index contributed by atoms with van der Waals surface area (Å²) < 4.78 is 20.8. The van der Waals surface area contributed by atoms with Gasteiger partial charge >= 0.3 is 0 Å². The van der Waals surface area contributed by atoms with Crippen LogP contribution in [-0.2, 0) is 6.42 Å². The molecule has 0 aliphatic heterocycles. The summed E-state index contributed by atoms with van der Waals surface area (Å²) in [5.74, 6) is 1.05. The SMILES string of the molecule is COc1ccc(-c2nnc3sc(Cc4c(F)cccc4Cl)nn23)cc1. The predicted octanol–water partition coefficient (Wildman–Crippen LogP) is 4.24. The molecule has 0 spiro atoms. The highest BCUT2D eigenvalue weighted by atomic mass is 35.5. The minimum atomic E-state index is -0.339. The standard InChI is InChI=1S/C17H12ClFN4OS/c1-24-11-7-5-10(6-8-11)16-20-21-17-23(16)22-15(25-17)9-12-13(18)3-2-4-14(12)19/h2-8H,9H2,1H3. The molecule has 0 N–H and O–H groups in total. The first kappa shape index (κ1) is 16.0. The number of fused-ring (bicyclic) bond motifs is 1. The second-order valence-corrected chi connectivity index (χ2v) is 6.77. The molecule has 0 unspecified atom stereocenters. The Morgan fingerprint density at radius 3 is 2.68 bits per heavy atom. The van der Waals surface area contributed by atoms with Gasteiger partial charge < -0.3 is 4.74 Å². The molecule has 0 saturated carbocycles. The van der Waals surface area contributed by atoms with Crippen LogP contribution in [0, 0.1) is 5.82 Å². The fourth-order valence-corrected chi connectivity index (χ4v) is 3.58. The number of hydrogen-bond acceptors (Lipinski definition) is 5. The molecule has 5 nitrogen and oxygen atoms in total. The highest BCUT2D eigenvalue weighted by molar-refractivity contribution is 7.16. The lowest BCUT2D eigenvalue weighted by atomic mass is 10.1. The van der Waals surface area contributed by atoms with Crippen molar-refractivity contribution >= 4 is 27.9 Å². The van der Waals surface area contributed by atoms with Crippen molar-refractivity contribution in [2.45, 2.75) is 6.42 Å². The zero-order valence-electron chi connectivity index (χ0n) is 13.1. The minimum Gasteiger partial charge on any atom is -0.497 e. The van der Waals surface area contributed by atoms with Crippen LogP contribution in [0.25, 0.3) is 16.3 Å². The van der Waals surface area contributed by atoms with E-state index in [9.17, 15) is 4.39 Å². The molecular weight excluding hydrogens is 363 g/mol. The third-order valence-electron chi connectivity index (χ3n) is 3.77. The average molecular weight is 375 g/mol. The average Bonchev–Trinajstić information content (AvgIpc) is 3.18. The van der Waals surface area contributed by atoms with Crippen LogP contribution in [0.4, 0.5) is 4.39 Å². The molecule has 25 heavy (non-hydrogen) atoms. The summed E-state index contributed by atoms with van der Waals surface area (Å²) in [4.78, 5) is 0.647. The van der Waals surface area contributed by atoms with Gasteiger partial charge in [-0.25, -0.2) is 4.39 Å². The van der Waals surface area contributed by atoms with E-state index in [1.807, 2.05) is 24.3 Å². The largest absolute Gasteiger partial charge is 0.497 e. The highest BCUT2D eigenvalue weighted by Crippen LogP contribution is 2.27. The number of rotatable bonds is 4. The maximum atomic E-state index is 14.0. The number of nitrogens with zero attached hydrogens (tertiary/aromatic N) is 4. The van der Waals surface area contributed by atoms with Crippen LogP contribution in [-0.4, -0.2) is 26.9 Å². The van der Waals surface area contributed by atoms with Crippen LogP contribution < -0.4 is 4.74 Å². The van der Waals surface area contributed by atoms with E-state index in [1.165, 1.54) is 17.4 Å². The summed E-state index contributed by atoms with van der Waals surface area (Å²) in [5, 5.41) is 14.0. The Labute approximate surface area is 151 Å². The quantitative estimate of drug-likeness (QED) is 0.536. The van der Waals surface area contributed by atoms with Crippen molar-refractivity contribution in [1.29, 1.82) is 0 Å². The number of hydrogen-bond donors (Lipinski definition) is 0. The van der Waals surface area contributed by atoms with E-state index < -0.39 is 0 Å². The smallest absolute Gasteiger partial charge is 0.234 e. The molecule has 4 aromatic rings. The summed E-state index contributed by atoms with van der Waals surface area (Å²) in [7, 11) is 1.62. The van der Waals surface area contributed by atoms with Gasteiger partial charge in [0.2, 0.25) is 4.96 Å². The van der Waals surface area contributed by atoms with Crippen LogP contribution in [0.15, 0.2) is 42.5 Å². The van der Waals surface area contributed by atoms with Gasteiger partial charge in [-0.05, 0) is 36.4 Å². The molecule has 8 heteroatoms. The lowest BCUT2D eigenvalue weighted by Gasteiger charge is -2.03. The third kappa shape index (κ3) is 2.96. The van der Waals surface area contributed by atoms with Gasteiger partial charge in [-0.15, -0.1) is 10.2 Å². The van der Waals surface area contributed by atoms with Crippen molar-refractivity contribution in [3.05, 3.63) is 63.9 Å². The zero-order valence-corrected chi connectivity index (χ0v) is 14.7. The molecule has 0 amide bonds. The summed E-state index contributed by atoms with van der Waals surface area (Å²) >= 11 is 7.46. The normalized spacial score (nSPS) is 11.2. The summed E-state index contributed by atoms with van der Waals surface area (Å²) in [6.45, 7) is 0. The molecule has 2 heterocycles. The summed E-state index contributed by atoms with van der Waals surface area (Å²) in [6.07, 6.45) is 0.307. The van der Waals surface area contributed by atoms with Crippen molar-refractivity contribution in [3.63, 3.8) is 0 Å². The van der Waals surface area contributed by atoms with Crippen molar-refractivity contribution in [2.75, 3.05) is 7.11 Å². The minimum absolute atomic E-state index is 0.307. The first-order chi connectivity index (χ1) is 12.2. The number of halogens is 2. The molecular formula is C17H12ClFN4OS. The highest BCUT2D eigenvalue weighted by Gasteiger charge is 2.16. The van der Waals surface area contributed by atoms with Gasteiger partial charge in [0, 0.05) is 22.6 Å². The first-order valence-corrected chi connectivity index (χ1v) is 8.63. The fourth-order valence-electron chi connectivity index (χ4n) is 2.50. The molecule has 0 radical (unpaired) electrons. The number of benzene rings is 2. The molecule has 0 aliphatic carbocycles. The second-order valence-electron chi connectivity index (χ2n) is 5.32. The second kappa shape index (κ2) is 6.42. The number of ether oxygens (including phenoxy) is 1. The Hall–Kier alpha value is -2.51. The predicted molar refractivity (Wildman–Crippen MR) is 94.9 cm³/mol. The van der Waals surface area contributed by atoms with Crippen molar-refractivity contribution in [3.8, 4) is 17.1 Å². The monoisotopic (exact) mass is 374 g/mol. The van der Waals surface area contributed by atoms with Crippen molar-refractivity contribution in [2.24, 2.45) is 0 Å². The Morgan fingerprint density at radius 1 is 1.16 bits per heavy atom. The van der Waals surface area contributed by atoms with Crippen molar-refractivity contribution < 1.29 is 9.13 Å². The Kier molecular flexibility index (Phi) is 4.10. The molecule has 0 bridgehead atoms. The molecule has 2 aromatic heterocycles. The molecule has 0 fully saturated rings. The molecule has 126 valence electrons. The van der Waals surface area contributed by atoms with E-state index in [-0.39, 0.29) is 5.82 Å². The lowest BCUT2D eigenvalue weighted by molar-refractivity contribution is 0.415. The van der Waals surface area contributed by atoms with Gasteiger partial charge in [-0.2, -0.15) is 9.61 Å². The maximum absolute atomic E-state index is 14.0. The number of methoxy groups -OCH3 is 1. The van der Waals surface area contributed by atoms with Crippen LogP contribution >= 0.6 is 22.9 Å². The molecule has 0 saturated heterocycles. The van der Waals surface area contributed by atoms with E-state index in [2.05, 4.69) is 15.3 Å². The summed E-state index contributed by atoms with van der Waals surface area (Å²) in [5.41, 5.74) is 1.30. The van der Waals surface area contributed by atoms with E-state index in [0.29, 0.717) is 32.8 Å². The molecule has 2 aromatic carbocycles. The Morgan fingerprint density at radius 2 is 1.96 bits per heavy atom. The van der Waals surface area contributed by atoms with Crippen LogP contribution in [0.1, 0.15) is 10.6 Å². The van der Waals surface area contributed by atoms with E-state index in [4.69, 9.17) is 16.3 Å². The van der Waals surface area contributed by atoms with Crippen molar-refractivity contribution in [1.82, 2.24) is 19.8 Å². The van der Waals surface area contributed by atoms with Gasteiger partial charge in [0.25, 0.3) is 0 Å². The van der Waals surface area contributed by atoms with Gasteiger partial charge in [0.15, 0.2) is 5.82 Å². The summed E-state index contributed by atoms with van der Waals surface area (Å²) in [6, 6.07) is 12.1. The topological polar surface area (TPSA) is 52.3 Å². The van der Waals surface area contributed by atoms with E-state index in [1.54, 1.807) is 23.8 Å². The Bertz CT molecular complexity index is 1020. The van der Waals surface area contributed by atoms with E-state index >= 15 is 0 Å².